The molecule has 0 unspecified atom stereocenters. The van der Waals surface area contributed by atoms with Gasteiger partial charge in [-0.25, -0.2) is 4.79 Å². The van der Waals surface area contributed by atoms with E-state index in [1.807, 2.05) is 24.3 Å². The van der Waals surface area contributed by atoms with Crippen molar-refractivity contribution in [1.82, 2.24) is 15.1 Å². The van der Waals surface area contributed by atoms with Crippen molar-refractivity contribution in [2.75, 3.05) is 26.2 Å². The average Bonchev–Trinajstić information content (AvgIpc) is 2.82. The maximum absolute atomic E-state index is 12.3. The Kier molecular flexibility index (Phi) is 6.28. The minimum atomic E-state index is -0.0904. The number of urea groups is 1. The molecule has 6 heteroatoms. The van der Waals surface area contributed by atoms with E-state index in [1.54, 1.807) is 9.80 Å². The second-order valence-corrected chi connectivity index (χ2v) is 6.72. The number of hydrogen-bond donors (Lipinski definition) is 1. The maximum Gasteiger partial charge on any atom is 0.320 e. The fourth-order valence-corrected chi connectivity index (χ4v) is 2.59. The zero-order chi connectivity index (χ0) is 16.8. The normalized spacial score (nSPS) is 14.7. The van der Waals surface area contributed by atoms with Crippen LogP contribution in [0.1, 0.15) is 25.8 Å². The summed E-state index contributed by atoms with van der Waals surface area (Å²) in [6.07, 6.45) is 0.947. The molecule has 2 rings (SSSR count). The SMILES string of the molecule is CC(C)CCNC(=O)CN1CCN(Cc2ccc(Cl)cc2)C1=O. The third-order valence-corrected chi connectivity index (χ3v) is 4.10. The largest absolute Gasteiger partial charge is 0.355 e. The average molecular weight is 338 g/mol. The van der Waals surface area contributed by atoms with Gasteiger partial charge in [0.1, 0.15) is 6.54 Å². The van der Waals surface area contributed by atoms with Crippen LogP contribution in [0.3, 0.4) is 0 Å². The summed E-state index contributed by atoms with van der Waals surface area (Å²) >= 11 is 5.87. The molecular weight excluding hydrogens is 314 g/mol. The van der Waals surface area contributed by atoms with Gasteiger partial charge in [-0.2, -0.15) is 0 Å². The molecule has 0 spiro atoms. The number of halogens is 1. The van der Waals surface area contributed by atoms with Crippen LogP contribution in [0.5, 0.6) is 0 Å². The Morgan fingerprint density at radius 3 is 2.52 bits per heavy atom. The van der Waals surface area contributed by atoms with Gasteiger partial charge >= 0.3 is 6.03 Å². The molecule has 1 aromatic rings. The molecule has 0 bridgehead atoms. The number of amides is 3. The number of hydrogen-bond acceptors (Lipinski definition) is 2. The van der Waals surface area contributed by atoms with Crippen LogP contribution < -0.4 is 5.32 Å². The monoisotopic (exact) mass is 337 g/mol. The number of carbonyl (C=O) groups is 2. The first-order valence-electron chi connectivity index (χ1n) is 8.00. The Hall–Kier alpha value is -1.75. The van der Waals surface area contributed by atoms with Crippen LogP contribution in [0.2, 0.25) is 5.02 Å². The molecule has 1 heterocycles. The van der Waals surface area contributed by atoms with Gasteiger partial charge in [0, 0.05) is 31.2 Å². The van der Waals surface area contributed by atoms with E-state index in [2.05, 4.69) is 19.2 Å². The van der Waals surface area contributed by atoms with Crippen molar-refractivity contribution in [3.63, 3.8) is 0 Å². The Bertz CT molecular complexity index is 545. The Labute approximate surface area is 142 Å². The van der Waals surface area contributed by atoms with Gasteiger partial charge in [-0.05, 0) is 30.0 Å². The number of nitrogens with zero attached hydrogens (tertiary/aromatic N) is 2. The molecule has 1 saturated heterocycles. The molecule has 1 fully saturated rings. The van der Waals surface area contributed by atoms with E-state index in [9.17, 15) is 9.59 Å². The van der Waals surface area contributed by atoms with Crippen molar-refractivity contribution in [1.29, 1.82) is 0 Å². The molecule has 5 nitrogen and oxygen atoms in total. The summed E-state index contributed by atoms with van der Waals surface area (Å²) in [6, 6.07) is 7.38. The van der Waals surface area contributed by atoms with Crippen molar-refractivity contribution < 1.29 is 9.59 Å². The topological polar surface area (TPSA) is 52.7 Å². The molecular formula is C17H24ClN3O2. The van der Waals surface area contributed by atoms with Gasteiger partial charge in [0.15, 0.2) is 0 Å². The molecule has 0 atom stereocenters. The third kappa shape index (κ3) is 5.43. The summed E-state index contributed by atoms with van der Waals surface area (Å²) in [6.45, 7) is 6.79. The van der Waals surface area contributed by atoms with Crippen LogP contribution in [0.15, 0.2) is 24.3 Å². The lowest BCUT2D eigenvalue weighted by atomic mass is 10.1. The predicted molar refractivity (Wildman–Crippen MR) is 91.3 cm³/mol. The highest BCUT2D eigenvalue weighted by molar-refractivity contribution is 6.30. The minimum Gasteiger partial charge on any atom is -0.355 e. The minimum absolute atomic E-state index is 0.0843. The smallest absolute Gasteiger partial charge is 0.320 e. The summed E-state index contributed by atoms with van der Waals surface area (Å²) < 4.78 is 0. The van der Waals surface area contributed by atoms with E-state index in [-0.39, 0.29) is 18.5 Å². The molecule has 0 saturated carbocycles. The van der Waals surface area contributed by atoms with Crippen molar-refractivity contribution in [2.24, 2.45) is 5.92 Å². The van der Waals surface area contributed by atoms with Crippen LogP contribution in [0.4, 0.5) is 4.79 Å². The summed E-state index contributed by atoms with van der Waals surface area (Å²) in [7, 11) is 0. The van der Waals surface area contributed by atoms with Gasteiger partial charge in [0.25, 0.3) is 0 Å². The van der Waals surface area contributed by atoms with Crippen LogP contribution in [-0.2, 0) is 11.3 Å². The molecule has 0 aliphatic carbocycles. The first kappa shape index (κ1) is 17.6. The molecule has 23 heavy (non-hydrogen) atoms. The predicted octanol–water partition coefficient (Wildman–Crippen LogP) is 2.74. The highest BCUT2D eigenvalue weighted by Gasteiger charge is 2.29. The van der Waals surface area contributed by atoms with E-state index < -0.39 is 0 Å². The zero-order valence-corrected chi connectivity index (χ0v) is 14.5. The van der Waals surface area contributed by atoms with Crippen LogP contribution in [0.25, 0.3) is 0 Å². The van der Waals surface area contributed by atoms with E-state index in [0.717, 1.165) is 12.0 Å². The lowest BCUT2D eigenvalue weighted by Gasteiger charge is -2.18. The lowest BCUT2D eigenvalue weighted by molar-refractivity contribution is -0.121. The molecule has 1 aromatic carbocycles. The number of benzene rings is 1. The molecule has 0 radical (unpaired) electrons. The summed E-state index contributed by atoms with van der Waals surface area (Å²) in [4.78, 5) is 27.6. The van der Waals surface area contributed by atoms with Gasteiger partial charge in [-0.1, -0.05) is 37.6 Å². The van der Waals surface area contributed by atoms with Crippen molar-refractivity contribution in [2.45, 2.75) is 26.8 Å². The van der Waals surface area contributed by atoms with Crippen LogP contribution in [0, 0.1) is 5.92 Å². The zero-order valence-electron chi connectivity index (χ0n) is 13.7. The first-order valence-corrected chi connectivity index (χ1v) is 8.38. The molecule has 1 aliphatic rings. The Morgan fingerprint density at radius 2 is 1.87 bits per heavy atom. The highest BCUT2D eigenvalue weighted by Crippen LogP contribution is 2.15. The Balaban J connectivity index is 1.79. The van der Waals surface area contributed by atoms with Gasteiger partial charge in [0.05, 0.1) is 0 Å². The highest BCUT2D eigenvalue weighted by atomic mass is 35.5. The first-order chi connectivity index (χ1) is 11.0. The maximum atomic E-state index is 12.3. The fraction of sp³-hybridized carbons (Fsp3) is 0.529. The number of nitrogens with one attached hydrogen (secondary N) is 1. The summed E-state index contributed by atoms with van der Waals surface area (Å²) in [5, 5.41) is 3.55. The molecule has 126 valence electrons. The van der Waals surface area contributed by atoms with Gasteiger partial charge in [0.2, 0.25) is 5.91 Å². The van der Waals surface area contributed by atoms with Crippen LogP contribution in [-0.4, -0.2) is 47.9 Å². The van der Waals surface area contributed by atoms with Gasteiger partial charge < -0.3 is 15.1 Å². The van der Waals surface area contributed by atoms with E-state index in [1.165, 1.54) is 0 Å². The van der Waals surface area contributed by atoms with Crippen LogP contribution >= 0.6 is 11.6 Å². The van der Waals surface area contributed by atoms with Gasteiger partial charge in [-0.3, -0.25) is 4.79 Å². The van der Waals surface area contributed by atoms with E-state index in [4.69, 9.17) is 11.6 Å². The van der Waals surface area contributed by atoms with Gasteiger partial charge in [-0.15, -0.1) is 0 Å². The lowest BCUT2D eigenvalue weighted by Crippen LogP contribution is -2.40. The quantitative estimate of drug-likeness (QED) is 0.831. The summed E-state index contributed by atoms with van der Waals surface area (Å²) in [5.41, 5.74) is 1.03. The second-order valence-electron chi connectivity index (χ2n) is 6.28. The van der Waals surface area contributed by atoms with E-state index in [0.29, 0.717) is 37.1 Å². The number of carbonyl (C=O) groups excluding carboxylic acids is 2. The van der Waals surface area contributed by atoms with Crippen molar-refractivity contribution in [3.05, 3.63) is 34.9 Å². The second kappa shape index (κ2) is 8.20. The summed E-state index contributed by atoms with van der Waals surface area (Å²) in [5.74, 6) is 0.464. The number of rotatable bonds is 7. The van der Waals surface area contributed by atoms with Crippen molar-refractivity contribution >= 4 is 23.5 Å². The standard InChI is InChI=1S/C17H24ClN3O2/c1-13(2)7-8-19-16(22)12-21-10-9-20(17(21)23)11-14-3-5-15(18)6-4-14/h3-6,13H,7-12H2,1-2H3,(H,19,22). The molecule has 0 aromatic heterocycles. The fourth-order valence-electron chi connectivity index (χ4n) is 2.47. The Morgan fingerprint density at radius 1 is 1.22 bits per heavy atom. The third-order valence-electron chi connectivity index (χ3n) is 3.85. The molecule has 1 aliphatic heterocycles. The molecule has 3 amide bonds. The van der Waals surface area contributed by atoms with E-state index >= 15 is 0 Å². The van der Waals surface area contributed by atoms with Crippen molar-refractivity contribution in [3.8, 4) is 0 Å². The molecule has 1 N–H and O–H groups in total.